The van der Waals surface area contributed by atoms with Crippen LogP contribution < -0.4 is 0 Å². The Morgan fingerprint density at radius 3 is 2.62 bits per heavy atom. The van der Waals surface area contributed by atoms with Crippen LogP contribution in [-0.2, 0) is 9.53 Å². The molecule has 0 radical (unpaired) electrons. The number of hydrogen-bond donors (Lipinski definition) is 0. The first-order chi connectivity index (χ1) is 6.22. The minimum atomic E-state index is -0.413. The van der Waals surface area contributed by atoms with Crippen molar-refractivity contribution in [1.82, 2.24) is 9.97 Å². The fourth-order valence-electron chi connectivity index (χ4n) is 0.699. The summed E-state index contributed by atoms with van der Waals surface area (Å²) in [4.78, 5) is 18.6. The van der Waals surface area contributed by atoms with Crippen molar-refractivity contribution in [3.63, 3.8) is 0 Å². The Balaban J connectivity index is 2.69. The van der Waals surface area contributed by atoms with Crippen molar-refractivity contribution in [2.45, 2.75) is 6.92 Å². The lowest BCUT2D eigenvalue weighted by molar-refractivity contribution is -0.134. The summed E-state index contributed by atoms with van der Waals surface area (Å²) in [5.41, 5.74) is 0.982. The predicted molar refractivity (Wildman–Crippen MR) is 47.8 cm³/mol. The Kier molecular flexibility index (Phi) is 3.14. The van der Waals surface area contributed by atoms with Crippen LogP contribution in [0, 0.1) is 6.92 Å². The summed E-state index contributed by atoms with van der Waals surface area (Å²) in [6.07, 6.45) is 6.16. The molecule has 0 N–H and O–H groups in total. The monoisotopic (exact) mass is 178 g/mol. The van der Waals surface area contributed by atoms with Crippen molar-refractivity contribution < 1.29 is 9.53 Å². The van der Waals surface area contributed by atoms with Crippen molar-refractivity contribution in [3.8, 4) is 0 Å². The maximum Gasteiger partial charge on any atom is 0.330 e. The molecule has 0 saturated heterocycles. The molecule has 4 heteroatoms. The van der Waals surface area contributed by atoms with E-state index in [-0.39, 0.29) is 0 Å². The van der Waals surface area contributed by atoms with E-state index >= 15 is 0 Å². The number of ether oxygens (including phenoxy) is 1. The van der Waals surface area contributed by atoms with Gasteiger partial charge < -0.3 is 4.74 Å². The molecule has 0 unspecified atom stereocenters. The van der Waals surface area contributed by atoms with Gasteiger partial charge in [0.15, 0.2) is 5.82 Å². The second-order valence-electron chi connectivity index (χ2n) is 2.48. The highest BCUT2D eigenvalue weighted by atomic mass is 16.5. The van der Waals surface area contributed by atoms with E-state index in [0.29, 0.717) is 5.82 Å². The zero-order valence-corrected chi connectivity index (χ0v) is 7.52. The first-order valence-corrected chi connectivity index (χ1v) is 3.77. The Morgan fingerprint density at radius 1 is 1.46 bits per heavy atom. The number of methoxy groups -OCH3 is 1. The van der Waals surface area contributed by atoms with E-state index in [0.717, 1.165) is 5.56 Å². The predicted octanol–water partition coefficient (Wildman–Crippen LogP) is 0.971. The van der Waals surface area contributed by atoms with Gasteiger partial charge in [-0.1, -0.05) is 0 Å². The quantitative estimate of drug-likeness (QED) is 0.500. The fourth-order valence-corrected chi connectivity index (χ4v) is 0.699. The number of nitrogens with zero attached hydrogens (tertiary/aromatic N) is 2. The van der Waals surface area contributed by atoms with Gasteiger partial charge >= 0.3 is 5.97 Å². The third-order valence-corrected chi connectivity index (χ3v) is 1.37. The summed E-state index contributed by atoms with van der Waals surface area (Å²) in [6, 6.07) is 0. The number of aryl methyl sites for hydroxylation is 1. The Hall–Kier alpha value is -1.71. The third-order valence-electron chi connectivity index (χ3n) is 1.37. The first kappa shape index (κ1) is 9.38. The van der Waals surface area contributed by atoms with Crippen LogP contribution in [0.2, 0.25) is 0 Å². The average Bonchev–Trinajstić information content (AvgIpc) is 2.16. The van der Waals surface area contributed by atoms with Crippen molar-refractivity contribution in [2.24, 2.45) is 0 Å². The largest absolute Gasteiger partial charge is 0.466 e. The van der Waals surface area contributed by atoms with Gasteiger partial charge in [0.1, 0.15) is 0 Å². The molecule has 0 bridgehead atoms. The highest BCUT2D eigenvalue weighted by molar-refractivity contribution is 5.86. The maximum atomic E-state index is 10.7. The van der Waals surface area contributed by atoms with Crippen molar-refractivity contribution >= 4 is 12.0 Å². The van der Waals surface area contributed by atoms with Gasteiger partial charge in [-0.05, 0) is 18.6 Å². The molecule has 0 fully saturated rings. The summed E-state index contributed by atoms with van der Waals surface area (Å²) in [6.45, 7) is 1.90. The normalized spacial score (nSPS) is 10.3. The van der Waals surface area contributed by atoms with Gasteiger partial charge in [-0.15, -0.1) is 0 Å². The maximum absolute atomic E-state index is 10.7. The van der Waals surface area contributed by atoms with Crippen LogP contribution in [0.1, 0.15) is 11.4 Å². The number of carbonyl (C=O) groups is 1. The number of aromatic nitrogens is 2. The molecule has 0 saturated carbocycles. The molecule has 0 aliphatic carbocycles. The number of carbonyl (C=O) groups excluding carboxylic acids is 1. The van der Waals surface area contributed by atoms with Crippen LogP contribution in [0.3, 0.4) is 0 Å². The lowest BCUT2D eigenvalue weighted by Crippen LogP contribution is -1.94. The van der Waals surface area contributed by atoms with Crippen LogP contribution in [0.4, 0.5) is 0 Å². The van der Waals surface area contributed by atoms with E-state index < -0.39 is 5.97 Å². The lowest BCUT2D eigenvalue weighted by atomic mass is 10.4. The second kappa shape index (κ2) is 4.35. The van der Waals surface area contributed by atoms with Gasteiger partial charge in [-0.3, -0.25) is 0 Å². The summed E-state index contributed by atoms with van der Waals surface area (Å²) in [5, 5.41) is 0. The Bertz CT molecular complexity index is 317. The van der Waals surface area contributed by atoms with Gasteiger partial charge in [0.2, 0.25) is 0 Å². The van der Waals surface area contributed by atoms with E-state index in [9.17, 15) is 4.79 Å². The van der Waals surface area contributed by atoms with Crippen molar-refractivity contribution in [1.29, 1.82) is 0 Å². The summed E-state index contributed by atoms with van der Waals surface area (Å²) in [5.74, 6) is 0.0835. The van der Waals surface area contributed by atoms with Gasteiger partial charge in [-0.2, -0.15) is 0 Å². The molecule has 68 valence electrons. The SMILES string of the molecule is COC(=O)/C=C/c1ncc(C)cn1. The Labute approximate surface area is 76.3 Å². The van der Waals surface area contributed by atoms with Crippen molar-refractivity contribution in [3.05, 3.63) is 29.9 Å². The van der Waals surface area contributed by atoms with E-state index in [2.05, 4.69) is 14.7 Å². The lowest BCUT2D eigenvalue weighted by Gasteiger charge is -1.92. The molecular weight excluding hydrogens is 168 g/mol. The summed E-state index contributed by atoms with van der Waals surface area (Å²) in [7, 11) is 1.32. The van der Waals surface area contributed by atoms with Crippen LogP contribution in [0.15, 0.2) is 18.5 Å². The van der Waals surface area contributed by atoms with Gasteiger partial charge in [0.05, 0.1) is 7.11 Å². The van der Waals surface area contributed by atoms with Gasteiger partial charge in [0.25, 0.3) is 0 Å². The minimum Gasteiger partial charge on any atom is -0.466 e. The third kappa shape index (κ3) is 3.02. The summed E-state index contributed by atoms with van der Waals surface area (Å²) < 4.78 is 4.41. The van der Waals surface area contributed by atoms with Crippen LogP contribution in [-0.4, -0.2) is 23.0 Å². The van der Waals surface area contributed by atoms with Crippen LogP contribution in [0.5, 0.6) is 0 Å². The second-order valence-corrected chi connectivity index (χ2v) is 2.48. The average molecular weight is 178 g/mol. The molecular formula is C9H10N2O2. The molecule has 1 rings (SSSR count). The smallest absolute Gasteiger partial charge is 0.330 e. The Morgan fingerprint density at radius 2 is 2.08 bits per heavy atom. The molecule has 1 aromatic rings. The molecule has 4 nitrogen and oxygen atoms in total. The number of esters is 1. The van der Waals surface area contributed by atoms with E-state index in [1.54, 1.807) is 12.4 Å². The number of rotatable bonds is 2. The van der Waals surface area contributed by atoms with Gasteiger partial charge in [-0.25, -0.2) is 14.8 Å². The molecule has 0 aromatic carbocycles. The van der Waals surface area contributed by atoms with Crippen LogP contribution >= 0.6 is 0 Å². The van der Waals surface area contributed by atoms with E-state index in [4.69, 9.17) is 0 Å². The molecule has 0 spiro atoms. The highest BCUT2D eigenvalue weighted by Gasteiger charge is 1.93. The first-order valence-electron chi connectivity index (χ1n) is 3.77. The van der Waals surface area contributed by atoms with Crippen molar-refractivity contribution in [2.75, 3.05) is 7.11 Å². The molecule has 1 aromatic heterocycles. The zero-order chi connectivity index (χ0) is 9.68. The van der Waals surface area contributed by atoms with Crippen LogP contribution in [0.25, 0.3) is 6.08 Å². The molecule has 1 heterocycles. The molecule has 0 aliphatic rings. The molecule has 0 atom stereocenters. The zero-order valence-electron chi connectivity index (χ0n) is 7.52. The highest BCUT2D eigenvalue weighted by Crippen LogP contribution is 1.95. The molecule has 13 heavy (non-hydrogen) atoms. The van der Waals surface area contributed by atoms with Gasteiger partial charge in [0, 0.05) is 18.5 Å². The standard InChI is InChI=1S/C9H10N2O2/c1-7-5-10-8(11-6-7)3-4-9(12)13-2/h3-6H,1-2H3/b4-3+. The molecule has 0 aliphatic heterocycles. The van der Waals surface area contributed by atoms with E-state index in [1.807, 2.05) is 6.92 Å². The fraction of sp³-hybridized carbons (Fsp3) is 0.222. The summed E-state index contributed by atoms with van der Waals surface area (Å²) >= 11 is 0. The topological polar surface area (TPSA) is 52.1 Å². The van der Waals surface area contributed by atoms with E-state index in [1.165, 1.54) is 19.3 Å². The minimum absolute atomic E-state index is 0.413. The molecule has 0 amide bonds. The number of hydrogen-bond acceptors (Lipinski definition) is 4.